The summed E-state index contributed by atoms with van der Waals surface area (Å²) in [6.45, 7) is 7.19. The van der Waals surface area contributed by atoms with Crippen molar-refractivity contribution in [1.82, 2.24) is 9.88 Å². The van der Waals surface area contributed by atoms with Crippen LogP contribution in [0.4, 0.5) is 0 Å². The normalized spacial score (nSPS) is 12.5. The maximum Gasteiger partial charge on any atom is 0.338 e. The molecule has 0 unspecified atom stereocenters. The Labute approximate surface area is 136 Å². The number of nitrogens with one attached hydrogen (secondary N) is 1. The molecule has 23 heavy (non-hydrogen) atoms. The molecule has 1 amide bonds. The molecule has 5 nitrogen and oxygen atoms in total. The molecule has 0 spiro atoms. The van der Waals surface area contributed by atoms with Crippen LogP contribution in [0.15, 0.2) is 48.8 Å². The highest BCUT2D eigenvalue weighted by Crippen LogP contribution is 2.13. The van der Waals surface area contributed by atoms with Crippen molar-refractivity contribution in [2.24, 2.45) is 0 Å². The lowest BCUT2D eigenvalue weighted by atomic mass is 10.1. The van der Waals surface area contributed by atoms with E-state index >= 15 is 0 Å². The van der Waals surface area contributed by atoms with E-state index in [9.17, 15) is 9.59 Å². The number of ether oxygens (including phenoxy) is 1. The Morgan fingerprint density at radius 2 is 1.78 bits per heavy atom. The molecular formula is C18H22N2O3. The highest BCUT2D eigenvalue weighted by atomic mass is 16.5. The summed E-state index contributed by atoms with van der Waals surface area (Å²) >= 11 is 0. The second-order valence-corrected chi connectivity index (χ2v) is 6.43. The summed E-state index contributed by atoms with van der Waals surface area (Å²) in [4.78, 5) is 24.2. The van der Waals surface area contributed by atoms with E-state index in [4.69, 9.17) is 4.74 Å². The first-order chi connectivity index (χ1) is 10.8. The summed E-state index contributed by atoms with van der Waals surface area (Å²) in [5.41, 5.74) is 0.898. The molecule has 0 aliphatic carbocycles. The van der Waals surface area contributed by atoms with Gasteiger partial charge in [-0.15, -0.1) is 0 Å². The van der Waals surface area contributed by atoms with E-state index in [1.165, 1.54) is 0 Å². The van der Waals surface area contributed by atoms with Crippen LogP contribution in [0.3, 0.4) is 0 Å². The minimum atomic E-state index is -0.850. The predicted molar refractivity (Wildman–Crippen MR) is 88.5 cm³/mol. The van der Waals surface area contributed by atoms with Gasteiger partial charge in [0.15, 0.2) is 6.10 Å². The molecule has 5 heteroatoms. The van der Waals surface area contributed by atoms with Gasteiger partial charge in [-0.3, -0.25) is 4.79 Å². The average molecular weight is 314 g/mol. The molecule has 1 heterocycles. The number of benzene rings is 1. The van der Waals surface area contributed by atoms with Crippen molar-refractivity contribution >= 4 is 11.9 Å². The number of esters is 1. The molecule has 0 bridgehead atoms. The number of rotatable bonds is 4. The first-order valence-electron chi connectivity index (χ1n) is 7.53. The monoisotopic (exact) mass is 314 g/mol. The molecule has 1 aromatic heterocycles. The quantitative estimate of drug-likeness (QED) is 0.883. The van der Waals surface area contributed by atoms with Gasteiger partial charge in [0.25, 0.3) is 5.91 Å². The average Bonchev–Trinajstić information content (AvgIpc) is 2.99. The molecule has 0 saturated carbocycles. The second kappa shape index (κ2) is 6.69. The third kappa shape index (κ3) is 4.71. The number of amides is 1. The Hall–Kier alpha value is -2.56. The standard InChI is InChI=1S/C18H22N2O3/c1-13(16(21)19-18(2,3)4)23-17(22)14-8-7-9-15(12-14)20-10-5-6-11-20/h5-13H,1-4H3,(H,19,21)/t13-/m0/s1. The highest BCUT2D eigenvalue weighted by molar-refractivity contribution is 5.92. The Balaban J connectivity index is 2.06. The van der Waals surface area contributed by atoms with Crippen LogP contribution in [0.1, 0.15) is 38.1 Å². The van der Waals surface area contributed by atoms with Gasteiger partial charge in [0, 0.05) is 23.6 Å². The summed E-state index contributed by atoms with van der Waals surface area (Å²) < 4.78 is 7.15. The molecule has 1 N–H and O–H groups in total. The third-order valence-electron chi connectivity index (χ3n) is 3.14. The number of hydrogen-bond acceptors (Lipinski definition) is 3. The fourth-order valence-electron chi connectivity index (χ4n) is 2.05. The predicted octanol–water partition coefficient (Wildman–Crippen LogP) is 2.94. The van der Waals surface area contributed by atoms with Crippen molar-refractivity contribution in [2.45, 2.75) is 39.3 Å². The van der Waals surface area contributed by atoms with E-state index in [0.717, 1.165) is 5.69 Å². The number of carbonyl (C=O) groups excluding carboxylic acids is 2. The van der Waals surface area contributed by atoms with Crippen LogP contribution in [-0.2, 0) is 9.53 Å². The van der Waals surface area contributed by atoms with Gasteiger partial charge in [-0.1, -0.05) is 6.07 Å². The van der Waals surface area contributed by atoms with Gasteiger partial charge in [-0.05, 0) is 58.0 Å². The van der Waals surface area contributed by atoms with Crippen LogP contribution >= 0.6 is 0 Å². The molecule has 1 atom stereocenters. The molecule has 122 valence electrons. The first kappa shape index (κ1) is 16.8. The van der Waals surface area contributed by atoms with Gasteiger partial charge in [0.05, 0.1) is 5.56 Å². The lowest BCUT2D eigenvalue weighted by Crippen LogP contribution is -2.46. The summed E-state index contributed by atoms with van der Waals surface area (Å²) in [7, 11) is 0. The van der Waals surface area contributed by atoms with E-state index < -0.39 is 12.1 Å². The van der Waals surface area contributed by atoms with E-state index in [1.54, 1.807) is 25.1 Å². The van der Waals surface area contributed by atoms with Crippen molar-refractivity contribution in [2.75, 3.05) is 0 Å². The zero-order valence-corrected chi connectivity index (χ0v) is 13.9. The van der Waals surface area contributed by atoms with E-state index in [-0.39, 0.29) is 11.4 Å². The fourth-order valence-corrected chi connectivity index (χ4v) is 2.05. The first-order valence-corrected chi connectivity index (χ1v) is 7.53. The van der Waals surface area contributed by atoms with Crippen LogP contribution in [0.2, 0.25) is 0 Å². The van der Waals surface area contributed by atoms with Crippen molar-refractivity contribution in [3.05, 3.63) is 54.4 Å². The molecule has 1 aromatic carbocycles. The van der Waals surface area contributed by atoms with Crippen molar-refractivity contribution < 1.29 is 14.3 Å². The number of aromatic nitrogens is 1. The Morgan fingerprint density at radius 1 is 1.13 bits per heavy atom. The second-order valence-electron chi connectivity index (χ2n) is 6.43. The van der Waals surface area contributed by atoms with Gasteiger partial charge in [0.2, 0.25) is 0 Å². The Kier molecular flexibility index (Phi) is 4.89. The highest BCUT2D eigenvalue weighted by Gasteiger charge is 2.23. The minimum Gasteiger partial charge on any atom is -0.449 e. The van der Waals surface area contributed by atoms with Gasteiger partial charge in [0.1, 0.15) is 0 Å². The van der Waals surface area contributed by atoms with Gasteiger partial charge >= 0.3 is 5.97 Å². The summed E-state index contributed by atoms with van der Waals surface area (Å²) in [6, 6.07) is 10.9. The van der Waals surface area contributed by atoms with E-state index in [1.807, 2.05) is 55.9 Å². The van der Waals surface area contributed by atoms with Gasteiger partial charge in [-0.25, -0.2) is 4.79 Å². The van der Waals surface area contributed by atoms with E-state index in [0.29, 0.717) is 5.56 Å². The largest absolute Gasteiger partial charge is 0.449 e. The fraction of sp³-hybridized carbons (Fsp3) is 0.333. The smallest absolute Gasteiger partial charge is 0.338 e. The van der Waals surface area contributed by atoms with Gasteiger partial charge < -0.3 is 14.6 Å². The maximum absolute atomic E-state index is 12.2. The minimum absolute atomic E-state index is 0.313. The lowest BCUT2D eigenvalue weighted by molar-refractivity contribution is -0.130. The number of hydrogen-bond donors (Lipinski definition) is 1. The topological polar surface area (TPSA) is 60.3 Å². The molecule has 0 fully saturated rings. The van der Waals surface area contributed by atoms with Crippen LogP contribution in [0.25, 0.3) is 5.69 Å². The zero-order chi connectivity index (χ0) is 17.0. The molecule has 0 aliphatic heterocycles. The van der Waals surface area contributed by atoms with Crippen molar-refractivity contribution in [3.8, 4) is 5.69 Å². The van der Waals surface area contributed by atoms with Crippen LogP contribution in [0.5, 0.6) is 0 Å². The van der Waals surface area contributed by atoms with Crippen LogP contribution in [0, 0.1) is 0 Å². The maximum atomic E-state index is 12.2. The molecule has 0 radical (unpaired) electrons. The van der Waals surface area contributed by atoms with Crippen molar-refractivity contribution in [3.63, 3.8) is 0 Å². The molecular weight excluding hydrogens is 292 g/mol. The summed E-state index contributed by atoms with van der Waals surface area (Å²) in [6.07, 6.45) is 2.94. The van der Waals surface area contributed by atoms with Crippen LogP contribution in [-0.4, -0.2) is 28.1 Å². The SMILES string of the molecule is C[C@H](OC(=O)c1cccc(-n2cccc2)c1)C(=O)NC(C)(C)C. The molecule has 0 saturated heterocycles. The number of carbonyl (C=O) groups is 2. The van der Waals surface area contributed by atoms with Crippen LogP contribution < -0.4 is 5.32 Å². The van der Waals surface area contributed by atoms with E-state index in [2.05, 4.69) is 5.32 Å². The lowest BCUT2D eigenvalue weighted by Gasteiger charge is -2.23. The molecule has 0 aliphatic rings. The third-order valence-corrected chi connectivity index (χ3v) is 3.14. The Bertz CT molecular complexity index is 685. The molecule has 2 rings (SSSR count). The van der Waals surface area contributed by atoms with Crippen molar-refractivity contribution in [1.29, 1.82) is 0 Å². The number of nitrogens with zero attached hydrogens (tertiary/aromatic N) is 1. The molecule has 2 aromatic rings. The Morgan fingerprint density at radius 3 is 2.39 bits per heavy atom. The zero-order valence-electron chi connectivity index (χ0n) is 13.9. The van der Waals surface area contributed by atoms with Gasteiger partial charge in [-0.2, -0.15) is 0 Å². The summed E-state index contributed by atoms with van der Waals surface area (Å²) in [5, 5.41) is 2.79. The summed E-state index contributed by atoms with van der Waals surface area (Å²) in [5.74, 6) is -0.831.